The zero-order valence-corrected chi connectivity index (χ0v) is 15.7. The molecule has 150 valence electrons. The first-order chi connectivity index (χ1) is 13.5. The molecule has 3 amide bonds. The van der Waals surface area contributed by atoms with Gasteiger partial charge in [0.2, 0.25) is 11.8 Å². The molecule has 3 heterocycles. The zero-order valence-electron chi connectivity index (χ0n) is 15.7. The number of imide groups is 1. The fraction of sp³-hybridized carbons (Fsp3) is 0.550. The summed E-state index contributed by atoms with van der Waals surface area (Å²) in [5.74, 6) is -0.822. The molecule has 2 fully saturated rings. The predicted octanol–water partition coefficient (Wildman–Crippen LogP) is -0.350. The van der Waals surface area contributed by atoms with Crippen molar-refractivity contribution in [3.8, 4) is 0 Å². The summed E-state index contributed by atoms with van der Waals surface area (Å²) < 4.78 is 0. The van der Waals surface area contributed by atoms with Crippen LogP contribution in [0.1, 0.15) is 47.2 Å². The SMILES string of the molecule is O=C1CCC(N2Cc3cccc(CN[C@H]4CCNC[C@@H](O)C4)c3C2=O)C(=O)N1. The summed E-state index contributed by atoms with van der Waals surface area (Å²) in [4.78, 5) is 38.3. The molecule has 3 aliphatic rings. The highest BCUT2D eigenvalue weighted by molar-refractivity contribution is 6.05. The largest absolute Gasteiger partial charge is 0.392 e. The molecule has 0 saturated carbocycles. The molecule has 1 aromatic rings. The number of piperidine rings is 1. The first-order valence-corrected chi connectivity index (χ1v) is 9.90. The van der Waals surface area contributed by atoms with Crippen LogP contribution in [0.15, 0.2) is 18.2 Å². The Morgan fingerprint density at radius 1 is 1.21 bits per heavy atom. The molecule has 0 spiro atoms. The minimum atomic E-state index is -0.596. The number of benzene rings is 1. The monoisotopic (exact) mass is 386 g/mol. The van der Waals surface area contributed by atoms with Gasteiger partial charge >= 0.3 is 0 Å². The van der Waals surface area contributed by atoms with E-state index in [0.717, 1.165) is 24.1 Å². The van der Waals surface area contributed by atoms with Crippen molar-refractivity contribution in [3.05, 3.63) is 34.9 Å². The van der Waals surface area contributed by atoms with E-state index >= 15 is 0 Å². The summed E-state index contributed by atoms with van der Waals surface area (Å²) in [5, 5.41) is 19.0. The van der Waals surface area contributed by atoms with E-state index in [4.69, 9.17) is 0 Å². The Morgan fingerprint density at radius 3 is 2.89 bits per heavy atom. The number of nitrogens with one attached hydrogen (secondary N) is 3. The Hall–Kier alpha value is -2.29. The van der Waals surface area contributed by atoms with Crippen molar-refractivity contribution in [2.45, 2.75) is 57.0 Å². The molecule has 1 aromatic carbocycles. The van der Waals surface area contributed by atoms with Crippen molar-refractivity contribution in [2.24, 2.45) is 0 Å². The lowest BCUT2D eigenvalue weighted by atomic mass is 10.0. The third-order valence-corrected chi connectivity index (χ3v) is 5.83. The smallest absolute Gasteiger partial charge is 0.255 e. The highest BCUT2D eigenvalue weighted by Gasteiger charge is 2.39. The molecular formula is C20H26N4O4. The van der Waals surface area contributed by atoms with Gasteiger partial charge in [-0.15, -0.1) is 0 Å². The number of carbonyl (C=O) groups is 3. The van der Waals surface area contributed by atoms with Crippen molar-refractivity contribution in [1.29, 1.82) is 0 Å². The molecule has 4 rings (SSSR count). The second-order valence-electron chi connectivity index (χ2n) is 7.81. The number of fused-ring (bicyclic) bond motifs is 1. The molecule has 2 saturated heterocycles. The Kier molecular flexibility index (Phi) is 5.43. The van der Waals surface area contributed by atoms with Gasteiger partial charge in [0.25, 0.3) is 5.91 Å². The van der Waals surface area contributed by atoms with Crippen LogP contribution in [0.25, 0.3) is 0 Å². The summed E-state index contributed by atoms with van der Waals surface area (Å²) in [7, 11) is 0. The molecule has 8 heteroatoms. The van der Waals surface area contributed by atoms with Crippen molar-refractivity contribution >= 4 is 17.7 Å². The van der Waals surface area contributed by atoms with Crippen LogP contribution in [0.2, 0.25) is 0 Å². The maximum Gasteiger partial charge on any atom is 0.255 e. The highest BCUT2D eigenvalue weighted by atomic mass is 16.3. The van der Waals surface area contributed by atoms with E-state index < -0.39 is 11.9 Å². The van der Waals surface area contributed by atoms with Crippen molar-refractivity contribution in [2.75, 3.05) is 13.1 Å². The van der Waals surface area contributed by atoms with E-state index in [1.807, 2.05) is 18.2 Å². The van der Waals surface area contributed by atoms with Crippen LogP contribution < -0.4 is 16.0 Å². The standard InChI is InChI=1S/C20H26N4O4/c25-15-8-14(6-7-21-10-15)22-9-12-2-1-3-13-11-24(20(28)18(12)13)16-4-5-17(26)23-19(16)27/h1-3,14-16,21-22,25H,4-11H2,(H,23,26,27)/t14-,15-,16?/m0/s1. The minimum absolute atomic E-state index is 0.149. The third kappa shape index (κ3) is 3.80. The second-order valence-corrected chi connectivity index (χ2v) is 7.81. The number of β-amino-alcohol motifs (C(OH)–C–C–N with tert-alkyl or cyclic N) is 1. The number of rotatable bonds is 4. The van der Waals surface area contributed by atoms with Crippen LogP contribution in [0.5, 0.6) is 0 Å². The van der Waals surface area contributed by atoms with Gasteiger partial charge in [-0.1, -0.05) is 18.2 Å². The predicted molar refractivity (Wildman–Crippen MR) is 101 cm³/mol. The van der Waals surface area contributed by atoms with Gasteiger partial charge in [-0.3, -0.25) is 19.7 Å². The lowest BCUT2D eigenvalue weighted by Crippen LogP contribution is -2.52. The molecule has 3 aliphatic heterocycles. The molecule has 4 N–H and O–H groups in total. The van der Waals surface area contributed by atoms with Crippen LogP contribution in [-0.4, -0.2) is 59.0 Å². The van der Waals surface area contributed by atoms with E-state index in [1.165, 1.54) is 0 Å². The summed E-state index contributed by atoms with van der Waals surface area (Å²) in [6.45, 7) is 2.39. The summed E-state index contributed by atoms with van der Waals surface area (Å²) >= 11 is 0. The lowest BCUT2D eigenvalue weighted by Gasteiger charge is -2.29. The third-order valence-electron chi connectivity index (χ3n) is 5.83. The summed E-state index contributed by atoms with van der Waals surface area (Å²) in [6.07, 6.45) is 1.85. The van der Waals surface area contributed by atoms with E-state index in [1.54, 1.807) is 4.90 Å². The second kappa shape index (κ2) is 7.98. The fourth-order valence-corrected chi connectivity index (χ4v) is 4.35. The van der Waals surface area contributed by atoms with Gasteiger partial charge in [0.15, 0.2) is 0 Å². The van der Waals surface area contributed by atoms with Gasteiger partial charge in [-0.05, 0) is 36.9 Å². The van der Waals surface area contributed by atoms with Crippen molar-refractivity contribution in [1.82, 2.24) is 20.9 Å². The van der Waals surface area contributed by atoms with Crippen LogP contribution in [0, 0.1) is 0 Å². The molecular weight excluding hydrogens is 360 g/mol. The lowest BCUT2D eigenvalue weighted by molar-refractivity contribution is -0.136. The quantitative estimate of drug-likeness (QED) is 0.527. The molecule has 0 bridgehead atoms. The minimum Gasteiger partial charge on any atom is -0.392 e. The van der Waals surface area contributed by atoms with E-state index in [2.05, 4.69) is 16.0 Å². The number of hydrogen-bond donors (Lipinski definition) is 4. The van der Waals surface area contributed by atoms with Crippen LogP contribution in [0.4, 0.5) is 0 Å². The van der Waals surface area contributed by atoms with Gasteiger partial charge in [-0.2, -0.15) is 0 Å². The Balaban J connectivity index is 1.47. The van der Waals surface area contributed by atoms with Crippen LogP contribution >= 0.6 is 0 Å². The van der Waals surface area contributed by atoms with Gasteiger partial charge in [-0.25, -0.2) is 0 Å². The Labute approximate surface area is 163 Å². The van der Waals surface area contributed by atoms with Crippen LogP contribution in [0.3, 0.4) is 0 Å². The first kappa shape index (κ1) is 19.0. The molecule has 1 unspecified atom stereocenters. The number of carbonyl (C=O) groups excluding carboxylic acids is 3. The van der Waals surface area contributed by atoms with E-state index in [-0.39, 0.29) is 30.4 Å². The molecule has 28 heavy (non-hydrogen) atoms. The van der Waals surface area contributed by atoms with Gasteiger partial charge in [0.1, 0.15) is 6.04 Å². The number of aliphatic hydroxyl groups excluding tert-OH is 1. The van der Waals surface area contributed by atoms with E-state index in [0.29, 0.717) is 38.0 Å². The molecule has 0 aromatic heterocycles. The average Bonchev–Trinajstić information content (AvgIpc) is 2.85. The molecule has 3 atom stereocenters. The van der Waals surface area contributed by atoms with E-state index in [9.17, 15) is 19.5 Å². The van der Waals surface area contributed by atoms with Crippen LogP contribution in [-0.2, 0) is 22.7 Å². The van der Waals surface area contributed by atoms with Gasteiger partial charge in [0.05, 0.1) is 6.10 Å². The highest BCUT2D eigenvalue weighted by Crippen LogP contribution is 2.30. The number of aliphatic hydroxyl groups is 1. The number of amides is 3. The number of hydrogen-bond acceptors (Lipinski definition) is 6. The fourth-order valence-electron chi connectivity index (χ4n) is 4.35. The first-order valence-electron chi connectivity index (χ1n) is 9.90. The molecule has 8 nitrogen and oxygen atoms in total. The Bertz CT molecular complexity index is 796. The Morgan fingerprint density at radius 2 is 2.07 bits per heavy atom. The summed E-state index contributed by atoms with van der Waals surface area (Å²) in [5.41, 5.74) is 2.48. The van der Waals surface area contributed by atoms with Crippen molar-refractivity contribution < 1.29 is 19.5 Å². The molecule has 0 radical (unpaired) electrons. The number of nitrogens with zero attached hydrogens (tertiary/aromatic N) is 1. The van der Waals surface area contributed by atoms with Gasteiger partial charge in [0, 0.05) is 37.7 Å². The maximum atomic E-state index is 13.1. The normalized spacial score (nSPS) is 28.1. The van der Waals surface area contributed by atoms with Gasteiger partial charge < -0.3 is 20.6 Å². The maximum absolute atomic E-state index is 13.1. The average molecular weight is 386 g/mol. The molecule has 0 aliphatic carbocycles. The zero-order chi connectivity index (χ0) is 19.7. The summed E-state index contributed by atoms with van der Waals surface area (Å²) in [6, 6.07) is 5.37. The topological polar surface area (TPSA) is 111 Å². The van der Waals surface area contributed by atoms with Crippen molar-refractivity contribution in [3.63, 3.8) is 0 Å².